The number of nitrogens with zero attached hydrogens (tertiary/aromatic N) is 2. The van der Waals surface area contributed by atoms with E-state index in [0.717, 1.165) is 18.5 Å². The smallest absolute Gasteiger partial charge is 0.0492 e. The molecule has 0 saturated heterocycles. The Morgan fingerprint density at radius 2 is 2.31 bits per heavy atom. The molecule has 1 heterocycles. The van der Waals surface area contributed by atoms with Crippen LogP contribution in [0.25, 0.3) is 0 Å². The van der Waals surface area contributed by atoms with Crippen LogP contribution in [0, 0.1) is 5.92 Å². The van der Waals surface area contributed by atoms with Crippen molar-refractivity contribution in [3.63, 3.8) is 0 Å². The lowest BCUT2D eigenvalue weighted by molar-refractivity contribution is 0.154. The van der Waals surface area contributed by atoms with Gasteiger partial charge in [-0.15, -0.1) is 0 Å². The minimum Gasteiger partial charge on any atom is -0.314 e. The summed E-state index contributed by atoms with van der Waals surface area (Å²) in [5.74, 6) is 1.51. The first-order chi connectivity index (χ1) is 7.77. The molecule has 0 aromatic carbocycles. The van der Waals surface area contributed by atoms with E-state index in [1.807, 2.05) is 10.9 Å². The van der Waals surface area contributed by atoms with Crippen LogP contribution in [0.15, 0.2) is 12.3 Å². The zero-order chi connectivity index (χ0) is 11.5. The third kappa shape index (κ3) is 2.01. The van der Waals surface area contributed by atoms with E-state index in [-0.39, 0.29) is 0 Å². The molecule has 2 rings (SSSR count). The minimum absolute atomic E-state index is 0.715. The molecular weight excluding hydrogens is 198 g/mol. The summed E-state index contributed by atoms with van der Waals surface area (Å²) in [6, 6.07) is 2.90. The van der Waals surface area contributed by atoms with Gasteiger partial charge in [0.15, 0.2) is 0 Å². The van der Waals surface area contributed by atoms with E-state index in [0.29, 0.717) is 5.92 Å². The first-order valence-corrected chi connectivity index (χ1v) is 6.49. The highest BCUT2D eigenvalue weighted by molar-refractivity contribution is 5.16. The van der Waals surface area contributed by atoms with Crippen molar-refractivity contribution in [2.45, 2.75) is 45.1 Å². The maximum Gasteiger partial charge on any atom is 0.0492 e. The zero-order valence-corrected chi connectivity index (χ0v) is 10.6. The molecule has 1 aliphatic rings. The summed E-state index contributed by atoms with van der Waals surface area (Å²) in [7, 11) is 2.05. The summed E-state index contributed by atoms with van der Waals surface area (Å²) in [6.07, 6.45) is 5.67. The van der Waals surface area contributed by atoms with Crippen molar-refractivity contribution < 1.29 is 0 Å². The molecule has 0 bridgehead atoms. The molecule has 1 N–H and O–H groups in total. The lowest BCUT2D eigenvalue weighted by atomic mass is 9.66. The Kier molecular flexibility index (Phi) is 3.64. The molecule has 1 saturated carbocycles. The van der Waals surface area contributed by atoms with Gasteiger partial charge in [-0.1, -0.05) is 20.3 Å². The molecule has 3 nitrogen and oxygen atoms in total. The summed E-state index contributed by atoms with van der Waals surface area (Å²) in [5, 5.41) is 7.92. The molecule has 16 heavy (non-hydrogen) atoms. The molecule has 1 fully saturated rings. The Labute approximate surface area is 98.2 Å². The Morgan fingerprint density at radius 3 is 2.88 bits per heavy atom. The lowest BCUT2D eigenvalue weighted by Crippen LogP contribution is -2.49. The first kappa shape index (κ1) is 11.6. The van der Waals surface area contributed by atoms with Gasteiger partial charge in [0.05, 0.1) is 0 Å². The molecule has 0 radical (unpaired) electrons. The molecular formula is C13H23N3. The van der Waals surface area contributed by atoms with Crippen LogP contribution in [0.1, 0.15) is 44.7 Å². The zero-order valence-electron chi connectivity index (χ0n) is 10.6. The van der Waals surface area contributed by atoms with Crippen LogP contribution >= 0.6 is 0 Å². The van der Waals surface area contributed by atoms with E-state index >= 15 is 0 Å². The summed E-state index contributed by atoms with van der Waals surface area (Å²) in [5.41, 5.74) is 1.40. The summed E-state index contributed by atoms with van der Waals surface area (Å²) in [6.45, 7) is 5.68. The number of nitrogens with one attached hydrogen (secondary N) is 1. The maximum atomic E-state index is 4.27. The van der Waals surface area contributed by atoms with Crippen LogP contribution in [-0.4, -0.2) is 22.4 Å². The van der Waals surface area contributed by atoms with Crippen molar-refractivity contribution >= 4 is 0 Å². The second-order valence-corrected chi connectivity index (χ2v) is 4.85. The predicted octanol–water partition coefficient (Wildman–Crippen LogP) is 2.30. The average Bonchev–Trinajstić information content (AvgIpc) is 2.64. The van der Waals surface area contributed by atoms with E-state index in [2.05, 4.69) is 37.4 Å². The number of aryl methyl sites for hydroxylation is 1. The van der Waals surface area contributed by atoms with Crippen molar-refractivity contribution in [1.82, 2.24) is 15.1 Å². The van der Waals surface area contributed by atoms with Crippen molar-refractivity contribution in [2.75, 3.05) is 6.54 Å². The largest absolute Gasteiger partial charge is 0.314 e. The predicted molar refractivity (Wildman–Crippen MR) is 66.4 cm³/mol. The topological polar surface area (TPSA) is 29.9 Å². The molecule has 1 aromatic rings. The number of hydrogen-bond donors (Lipinski definition) is 1. The number of hydrogen-bond acceptors (Lipinski definition) is 2. The molecule has 3 unspecified atom stereocenters. The second-order valence-electron chi connectivity index (χ2n) is 4.85. The Bertz CT molecular complexity index is 332. The van der Waals surface area contributed by atoms with E-state index < -0.39 is 0 Å². The summed E-state index contributed by atoms with van der Waals surface area (Å²) < 4.78 is 2.03. The third-order valence-electron chi connectivity index (χ3n) is 3.91. The van der Waals surface area contributed by atoms with Gasteiger partial charge >= 0.3 is 0 Å². The van der Waals surface area contributed by atoms with E-state index in [4.69, 9.17) is 0 Å². The van der Waals surface area contributed by atoms with Gasteiger partial charge in [-0.25, -0.2) is 0 Å². The first-order valence-electron chi connectivity index (χ1n) is 6.49. The fraction of sp³-hybridized carbons (Fsp3) is 0.769. The fourth-order valence-corrected chi connectivity index (χ4v) is 2.93. The summed E-state index contributed by atoms with van der Waals surface area (Å²) in [4.78, 5) is 0. The quantitative estimate of drug-likeness (QED) is 0.827. The fourth-order valence-electron chi connectivity index (χ4n) is 2.93. The van der Waals surface area contributed by atoms with Crippen LogP contribution in [-0.2, 0) is 7.05 Å². The molecule has 0 spiro atoms. The number of rotatable bonds is 5. The molecule has 1 aromatic heterocycles. The van der Waals surface area contributed by atoms with Gasteiger partial charge in [0.25, 0.3) is 0 Å². The minimum atomic E-state index is 0.715. The number of aromatic nitrogens is 2. The molecule has 3 heteroatoms. The van der Waals surface area contributed by atoms with Crippen LogP contribution in [0.3, 0.4) is 0 Å². The normalized spacial score (nSPS) is 29.1. The van der Waals surface area contributed by atoms with E-state index in [1.54, 1.807) is 0 Å². The standard InChI is InChI=1S/C13H23N3/c1-4-7-14-12-9-11(10(12)5-2)13-6-8-15-16(13)3/h6,8,10-12,14H,4-5,7,9H2,1-3H3. The molecule has 0 amide bonds. The Hall–Kier alpha value is -0.830. The van der Waals surface area contributed by atoms with E-state index in [9.17, 15) is 0 Å². The van der Waals surface area contributed by atoms with Gasteiger partial charge in [-0.05, 0) is 31.4 Å². The van der Waals surface area contributed by atoms with Crippen molar-refractivity contribution in [1.29, 1.82) is 0 Å². The van der Waals surface area contributed by atoms with Crippen LogP contribution < -0.4 is 5.32 Å². The highest BCUT2D eigenvalue weighted by Gasteiger charge is 2.41. The highest BCUT2D eigenvalue weighted by Crippen LogP contribution is 2.44. The molecule has 1 aliphatic carbocycles. The van der Waals surface area contributed by atoms with Gasteiger partial charge in [0.1, 0.15) is 0 Å². The Balaban J connectivity index is 1.97. The van der Waals surface area contributed by atoms with Crippen molar-refractivity contribution in [3.05, 3.63) is 18.0 Å². The van der Waals surface area contributed by atoms with Crippen LogP contribution in [0.2, 0.25) is 0 Å². The van der Waals surface area contributed by atoms with Gasteiger partial charge < -0.3 is 5.32 Å². The van der Waals surface area contributed by atoms with Crippen LogP contribution in [0.4, 0.5) is 0 Å². The van der Waals surface area contributed by atoms with Crippen molar-refractivity contribution in [2.24, 2.45) is 13.0 Å². The maximum absolute atomic E-state index is 4.27. The molecule has 3 atom stereocenters. The van der Waals surface area contributed by atoms with Crippen molar-refractivity contribution in [3.8, 4) is 0 Å². The SMILES string of the molecule is CCCNC1CC(c2ccnn2C)C1CC. The van der Waals surface area contributed by atoms with E-state index in [1.165, 1.54) is 25.0 Å². The summed E-state index contributed by atoms with van der Waals surface area (Å²) >= 11 is 0. The third-order valence-corrected chi connectivity index (χ3v) is 3.91. The Morgan fingerprint density at radius 1 is 1.50 bits per heavy atom. The second kappa shape index (κ2) is 5.00. The van der Waals surface area contributed by atoms with Gasteiger partial charge in [0.2, 0.25) is 0 Å². The average molecular weight is 221 g/mol. The van der Waals surface area contributed by atoms with Crippen LogP contribution in [0.5, 0.6) is 0 Å². The molecule has 0 aliphatic heterocycles. The van der Waals surface area contributed by atoms with Gasteiger partial charge in [-0.2, -0.15) is 5.10 Å². The monoisotopic (exact) mass is 221 g/mol. The van der Waals surface area contributed by atoms with Gasteiger partial charge in [0, 0.05) is 30.9 Å². The van der Waals surface area contributed by atoms with Gasteiger partial charge in [-0.3, -0.25) is 4.68 Å². The molecule has 90 valence electrons. The highest BCUT2D eigenvalue weighted by atomic mass is 15.3. The lowest BCUT2D eigenvalue weighted by Gasteiger charge is -2.45.